The molecule has 1 atom stereocenters. The van der Waals surface area contributed by atoms with Crippen LogP contribution in [0.5, 0.6) is 0 Å². The number of carboxylic acid groups (broad SMARTS) is 1. The molecule has 0 amide bonds. The number of hydrogen-bond acceptors (Lipinski definition) is 3. The molecule has 1 fully saturated rings. The molecular formula is C14H16FNO4S. The fourth-order valence-corrected chi connectivity index (χ4v) is 4.13. The summed E-state index contributed by atoms with van der Waals surface area (Å²) in [6.07, 6.45) is 3.60. The molecule has 1 heterocycles. The predicted octanol–water partition coefficient (Wildman–Crippen LogP) is 2.10. The molecule has 1 saturated heterocycles. The molecule has 0 saturated carbocycles. The molecule has 1 unspecified atom stereocenters. The summed E-state index contributed by atoms with van der Waals surface area (Å²) in [7, 11) is -3.85. The second kappa shape index (κ2) is 5.95. The largest absolute Gasteiger partial charge is 0.478 e. The molecule has 0 bridgehead atoms. The summed E-state index contributed by atoms with van der Waals surface area (Å²) in [4.78, 5) is 10.0. The lowest BCUT2D eigenvalue weighted by Crippen LogP contribution is -2.34. The van der Waals surface area contributed by atoms with Crippen LogP contribution in [-0.4, -0.2) is 36.4 Å². The molecule has 0 spiro atoms. The lowest BCUT2D eigenvalue weighted by Gasteiger charge is -2.21. The molecule has 1 aromatic rings. The van der Waals surface area contributed by atoms with E-state index in [1.54, 1.807) is 6.92 Å². The molecule has 21 heavy (non-hydrogen) atoms. The van der Waals surface area contributed by atoms with Crippen LogP contribution in [-0.2, 0) is 14.8 Å². The Balaban J connectivity index is 2.34. The lowest BCUT2D eigenvalue weighted by atomic mass is 10.2. The Bertz CT molecular complexity index is 684. The van der Waals surface area contributed by atoms with Gasteiger partial charge < -0.3 is 5.11 Å². The Morgan fingerprint density at radius 2 is 2.19 bits per heavy atom. The summed E-state index contributed by atoms with van der Waals surface area (Å²) < 4.78 is 40.2. The third kappa shape index (κ3) is 3.30. The maximum absolute atomic E-state index is 14.1. The standard InChI is InChI=1S/C14H16FNO4S/c1-10-3-2-8-16(10)21(19,20)13-6-4-11(9-12(13)15)5-7-14(17)18/h4-7,9-10H,2-3,8H2,1H3,(H,17,18)/b7-5+. The van der Waals surface area contributed by atoms with Gasteiger partial charge in [-0.15, -0.1) is 0 Å². The average molecular weight is 313 g/mol. The monoisotopic (exact) mass is 313 g/mol. The molecule has 0 aliphatic carbocycles. The van der Waals surface area contributed by atoms with Gasteiger partial charge in [-0.2, -0.15) is 4.31 Å². The van der Waals surface area contributed by atoms with E-state index in [0.717, 1.165) is 25.0 Å². The number of sulfonamides is 1. The lowest BCUT2D eigenvalue weighted by molar-refractivity contribution is -0.131. The predicted molar refractivity (Wildman–Crippen MR) is 75.7 cm³/mol. The summed E-state index contributed by atoms with van der Waals surface area (Å²) in [6, 6.07) is 3.45. The normalized spacial score (nSPS) is 20.2. The average Bonchev–Trinajstić information content (AvgIpc) is 2.83. The van der Waals surface area contributed by atoms with Gasteiger partial charge in [0.05, 0.1) is 0 Å². The maximum atomic E-state index is 14.1. The number of halogens is 1. The molecule has 2 rings (SSSR count). The highest BCUT2D eigenvalue weighted by Crippen LogP contribution is 2.27. The van der Waals surface area contributed by atoms with Crippen LogP contribution in [0.1, 0.15) is 25.3 Å². The number of benzene rings is 1. The van der Waals surface area contributed by atoms with Crippen molar-refractivity contribution in [3.05, 3.63) is 35.7 Å². The second-order valence-corrected chi connectivity index (χ2v) is 6.83. The molecule has 5 nitrogen and oxygen atoms in total. The van der Waals surface area contributed by atoms with Crippen molar-refractivity contribution in [3.63, 3.8) is 0 Å². The van der Waals surface area contributed by atoms with Gasteiger partial charge in [0.2, 0.25) is 10.0 Å². The first-order valence-electron chi connectivity index (χ1n) is 6.55. The van der Waals surface area contributed by atoms with Crippen molar-refractivity contribution in [3.8, 4) is 0 Å². The summed E-state index contributed by atoms with van der Waals surface area (Å²) in [5, 5.41) is 8.52. The molecule has 0 aromatic heterocycles. The van der Waals surface area contributed by atoms with Crippen LogP contribution in [0, 0.1) is 5.82 Å². The molecule has 7 heteroatoms. The summed E-state index contributed by atoms with van der Waals surface area (Å²) in [6.45, 7) is 2.19. The van der Waals surface area contributed by atoms with E-state index in [2.05, 4.69) is 0 Å². The van der Waals surface area contributed by atoms with Crippen LogP contribution >= 0.6 is 0 Å². The zero-order valence-electron chi connectivity index (χ0n) is 11.5. The van der Waals surface area contributed by atoms with Crippen molar-refractivity contribution in [1.29, 1.82) is 0 Å². The highest BCUT2D eigenvalue weighted by molar-refractivity contribution is 7.89. The zero-order valence-corrected chi connectivity index (χ0v) is 12.3. The third-order valence-corrected chi connectivity index (χ3v) is 5.50. The molecule has 1 aliphatic heterocycles. The zero-order chi connectivity index (χ0) is 15.6. The fourth-order valence-electron chi connectivity index (χ4n) is 2.39. The van der Waals surface area contributed by atoms with E-state index in [-0.39, 0.29) is 10.9 Å². The Labute approximate surface area is 122 Å². The smallest absolute Gasteiger partial charge is 0.328 e. The topological polar surface area (TPSA) is 74.7 Å². The minimum Gasteiger partial charge on any atom is -0.478 e. The van der Waals surface area contributed by atoms with Gasteiger partial charge in [-0.05, 0) is 43.5 Å². The molecule has 0 radical (unpaired) electrons. The first-order valence-corrected chi connectivity index (χ1v) is 7.99. The van der Waals surface area contributed by atoms with E-state index in [1.165, 1.54) is 22.5 Å². The SMILES string of the molecule is CC1CCCN1S(=O)(=O)c1ccc(/C=C/C(=O)O)cc1F. The van der Waals surface area contributed by atoms with Gasteiger partial charge in [-0.25, -0.2) is 17.6 Å². The Kier molecular flexibility index (Phi) is 4.43. The van der Waals surface area contributed by atoms with Crippen molar-refractivity contribution in [2.45, 2.75) is 30.7 Å². The number of hydrogen-bond donors (Lipinski definition) is 1. The first kappa shape index (κ1) is 15.7. The van der Waals surface area contributed by atoms with E-state index in [9.17, 15) is 17.6 Å². The van der Waals surface area contributed by atoms with E-state index in [1.807, 2.05) is 0 Å². The highest BCUT2D eigenvalue weighted by Gasteiger charge is 2.34. The molecular weight excluding hydrogens is 297 g/mol. The Morgan fingerprint density at radius 3 is 2.71 bits per heavy atom. The van der Waals surface area contributed by atoms with Gasteiger partial charge in [0.1, 0.15) is 10.7 Å². The van der Waals surface area contributed by atoms with Crippen LogP contribution < -0.4 is 0 Å². The van der Waals surface area contributed by atoms with Crippen LogP contribution in [0.25, 0.3) is 6.08 Å². The van der Waals surface area contributed by atoms with Crippen LogP contribution in [0.3, 0.4) is 0 Å². The second-order valence-electron chi connectivity index (χ2n) is 4.97. The number of carbonyl (C=O) groups is 1. The third-order valence-electron chi connectivity index (χ3n) is 3.45. The quantitative estimate of drug-likeness (QED) is 0.864. The fraction of sp³-hybridized carbons (Fsp3) is 0.357. The van der Waals surface area contributed by atoms with Gasteiger partial charge in [-0.1, -0.05) is 6.07 Å². The van der Waals surface area contributed by atoms with Crippen LogP contribution in [0.2, 0.25) is 0 Å². The summed E-state index contributed by atoms with van der Waals surface area (Å²) in [5.41, 5.74) is 0.295. The van der Waals surface area contributed by atoms with Gasteiger partial charge in [0, 0.05) is 18.7 Å². The van der Waals surface area contributed by atoms with E-state index in [4.69, 9.17) is 5.11 Å². The number of rotatable bonds is 4. The van der Waals surface area contributed by atoms with Gasteiger partial charge in [0.25, 0.3) is 0 Å². The Hall–Kier alpha value is -1.73. The van der Waals surface area contributed by atoms with Crippen molar-refractivity contribution in [2.24, 2.45) is 0 Å². The number of aliphatic carboxylic acids is 1. The van der Waals surface area contributed by atoms with Crippen molar-refractivity contribution >= 4 is 22.1 Å². The summed E-state index contributed by atoms with van der Waals surface area (Å²) >= 11 is 0. The Morgan fingerprint density at radius 1 is 1.48 bits per heavy atom. The maximum Gasteiger partial charge on any atom is 0.328 e. The van der Waals surface area contributed by atoms with Gasteiger partial charge in [0.15, 0.2) is 0 Å². The first-order chi connectivity index (χ1) is 9.82. The van der Waals surface area contributed by atoms with Crippen molar-refractivity contribution < 1.29 is 22.7 Å². The molecule has 1 N–H and O–H groups in total. The van der Waals surface area contributed by atoms with E-state index >= 15 is 0 Å². The minimum absolute atomic E-state index is 0.138. The van der Waals surface area contributed by atoms with Crippen molar-refractivity contribution in [2.75, 3.05) is 6.54 Å². The van der Waals surface area contributed by atoms with Crippen LogP contribution in [0.15, 0.2) is 29.2 Å². The van der Waals surface area contributed by atoms with E-state index < -0.39 is 21.8 Å². The van der Waals surface area contributed by atoms with Gasteiger partial charge >= 0.3 is 5.97 Å². The van der Waals surface area contributed by atoms with Crippen molar-refractivity contribution in [1.82, 2.24) is 4.31 Å². The highest BCUT2D eigenvalue weighted by atomic mass is 32.2. The number of carboxylic acids is 1. The number of nitrogens with zero attached hydrogens (tertiary/aromatic N) is 1. The van der Waals surface area contributed by atoms with E-state index in [0.29, 0.717) is 12.1 Å². The molecule has 1 aromatic carbocycles. The minimum atomic E-state index is -3.85. The summed E-state index contributed by atoms with van der Waals surface area (Å²) in [5.74, 6) is -2.03. The van der Waals surface area contributed by atoms with Gasteiger partial charge in [-0.3, -0.25) is 0 Å². The molecule has 1 aliphatic rings. The van der Waals surface area contributed by atoms with Crippen LogP contribution in [0.4, 0.5) is 4.39 Å². The molecule has 114 valence electrons.